The van der Waals surface area contributed by atoms with Crippen LogP contribution in [-0.2, 0) is 6.42 Å². The van der Waals surface area contributed by atoms with Gasteiger partial charge < -0.3 is 14.8 Å². The number of phenolic OH excluding ortho intramolecular Hbond substituents is 1. The Morgan fingerprint density at radius 3 is 2.85 bits per heavy atom. The Hall–Kier alpha value is -2.49. The van der Waals surface area contributed by atoms with E-state index in [2.05, 4.69) is 25.8 Å². The number of ether oxygens (including phenoxy) is 1. The summed E-state index contributed by atoms with van der Waals surface area (Å²) in [7, 11) is 0. The van der Waals surface area contributed by atoms with Gasteiger partial charge in [0.15, 0.2) is 0 Å². The molecule has 2 aromatic carbocycles. The number of H-pyrrole nitrogens is 1. The van der Waals surface area contributed by atoms with Crippen molar-refractivity contribution in [3.05, 3.63) is 46.1 Å². The predicted molar refractivity (Wildman–Crippen MR) is 110 cm³/mol. The summed E-state index contributed by atoms with van der Waals surface area (Å²) in [5.74, 6) is 1.38. The number of aromatic hydroxyl groups is 1. The van der Waals surface area contributed by atoms with Crippen LogP contribution < -0.4 is 10.2 Å². The van der Waals surface area contributed by atoms with Gasteiger partial charge in [-0.2, -0.15) is 0 Å². The molecule has 0 amide bonds. The van der Waals surface area contributed by atoms with Crippen LogP contribution in [-0.4, -0.2) is 15.7 Å². The van der Waals surface area contributed by atoms with Crippen molar-refractivity contribution in [1.82, 2.24) is 4.98 Å². The molecule has 0 fully saturated rings. The van der Waals surface area contributed by atoms with E-state index in [-0.39, 0.29) is 16.8 Å². The molecule has 27 heavy (non-hydrogen) atoms. The van der Waals surface area contributed by atoms with E-state index in [1.165, 1.54) is 6.42 Å². The number of aromatic amines is 1. The molecule has 0 bridgehead atoms. The Bertz CT molecular complexity index is 1070. The summed E-state index contributed by atoms with van der Waals surface area (Å²) in [6.07, 6.45) is 5.06. The van der Waals surface area contributed by atoms with Gasteiger partial charge in [-0.25, -0.2) is 0 Å². The van der Waals surface area contributed by atoms with Crippen molar-refractivity contribution in [2.45, 2.75) is 58.5 Å². The Balaban J connectivity index is 1.79. The van der Waals surface area contributed by atoms with E-state index in [1.807, 2.05) is 18.2 Å². The third kappa shape index (κ3) is 3.18. The summed E-state index contributed by atoms with van der Waals surface area (Å²) in [6.45, 7) is 6.63. The number of aryl methyl sites for hydroxylation is 1. The summed E-state index contributed by atoms with van der Waals surface area (Å²) < 4.78 is 6.36. The van der Waals surface area contributed by atoms with Crippen molar-refractivity contribution in [3.63, 3.8) is 0 Å². The molecule has 2 N–H and O–H groups in total. The van der Waals surface area contributed by atoms with Crippen LogP contribution in [0, 0.1) is 5.92 Å². The minimum absolute atomic E-state index is 0.0119. The number of benzene rings is 2. The zero-order valence-corrected chi connectivity index (χ0v) is 16.3. The van der Waals surface area contributed by atoms with Gasteiger partial charge in [0, 0.05) is 22.5 Å². The number of phenols is 1. The highest BCUT2D eigenvalue weighted by Gasteiger charge is 2.33. The molecule has 1 aromatic heterocycles. The average Bonchev–Trinajstić information content (AvgIpc) is 2.61. The SMILES string of the molecule is CC(C)CCCC1(C)CCc2c(cc(O)c3c(=O)c4ccccc4[nH]c23)O1. The summed E-state index contributed by atoms with van der Waals surface area (Å²) >= 11 is 0. The minimum Gasteiger partial charge on any atom is -0.507 e. The summed E-state index contributed by atoms with van der Waals surface area (Å²) in [5, 5.41) is 11.5. The van der Waals surface area contributed by atoms with Gasteiger partial charge in [-0.3, -0.25) is 4.79 Å². The normalized spacial score (nSPS) is 19.4. The molecule has 0 radical (unpaired) electrons. The number of pyridine rings is 1. The van der Waals surface area contributed by atoms with Gasteiger partial charge in [0.25, 0.3) is 0 Å². The van der Waals surface area contributed by atoms with E-state index < -0.39 is 0 Å². The second-order valence-electron chi connectivity index (χ2n) is 8.46. The number of rotatable bonds is 4. The van der Waals surface area contributed by atoms with E-state index in [1.54, 1.807) is 12.1 Å². The van der Waals surface area contributed by atoms with Crippen LogP contribution in [0.15, 0.2) is 35.1 Å². The number of aromatic nitrogens is 1. The molecule has 1 aliphatic rings. The molecular weight excluding hydrogens is 338 g/mol. The maximum atomic E-state index is 12.9. The van der Waals surface area contributed by atoms with Crippen molar-refractivity contribution in [3.8, 4) is 11.5 Å². The van der Waals surface area contributed by atoms with Crippen LogP contribution in [0.2, 0.25) is 0 Å². The van der Waals surface area contributed by atoms with Gasteiger partial charge in [0.1, 0.15) is 17.1 Å². The lowest BCUT2D eigenvalue weighted by Crippen LogP contribution is -2.36. The van der Waals surface area contributed by atoms with E-state index in [0.29, 0.717) is 28.0 Å². The van der Waals surface area contributed by atoms with Crippen molar-refractivity contribution in [1.29, 1.82) is 0 Å². The highest BCUT2D eigenvalue weighted by Crippen LogP contribution is 2.42. The van der Waals surface area contributed by atoms with Crippen molar-refractivity contribution < 1.29 is 9.84 Å². The second kappa shape index (κ2) is 6.59. The van der Waals surface area contributed by atoms with E-state index in [0.717, 1.165) is 36.8 Å². The zero-order chi connectivity index (χ0) is 19.2. The third-order valence-corrected chi connectivity index (χ3v) is 5.78. The molecule has 0 spiro atoms. The molecule has 1 unspecified atom stereocenters. The molecule has 2 heterocycles. The van der Waals surface area contributed by atoms with Crippen LogP contribution in [0.3, 0.4) is 0 Å². The van der Waals surface area contributed by atoms with Crippen LogP contribution in [0.4, 0.5) is 0 Å². The van der Waals surface area contributed by atoms with Gasteiger partial charge in [-0.05, 0) is 50.7 Å². The molecule has 4 heteroatoms. The van der Waals surface area contributed by atoms with Gasteiger partial charge in [-0.1, -0.05) is 32.4 Å². The largest absolute Gasteiger partial charge is 0.507 e. The fourth-order valence-electron chi connectivity index (χ4n) is 4.22. The molecule has 1 atom stereocenters. The fourth-order valence-corrected chi connectivity index (χ4v) is 4.22. The van der Waals surface area contributed by atoms with Crippen LogP contribution in [0.1, 0.15) is 52.0 Å². The lowest BCUT2D eigenvalue weighted by molar-refractivity contribution is 0.0530. The molecule has 0 saturated heterocycles. The van der Waals surface area contributed by atoms with Crippen LogP contribution in [0.25, 0.3) is 21.8 Å². The number of para-hydroxylation sites is 1. The molecule has 4 rings (SSSR count). The number of hydrogen-bond acceptors (Lipinski definition) is 3. The summed E-state index contributed by atoms with van der Waals surface area (Å²) in [4.78, 5) is 16.3. The lowest BCUT2D eigenvalue weighted by Gasteiger charge is -2.36. The first-order valence-electron chi connectivity index (χ1n) is 9.86. The predicted octanol–water partition coefficient (Wildman–Crippen LogP) is 5.30. The molecule has 0 aliphatic carbocycles. The standard InChI is InChI=1S/C23H27NO3/c1-14(2)7-6-11-23(3)12-10-16-19(27-23)13-18(25)20-21(16)24-17-9-5-4-8-15(17)22(20)26/h4-5,8-9,13-14,25H,6-7,10-12H2,1-3H3,(H,24,26). The van der Waals surface area contributed by atoms with Gasteiger partial charge in [0.2, 0.25) is 5.43 Å². The Morgan fingerprint density at radius 2 is 2.07 bits per heavy atom. The monoisotopic (exact) mass is 365 g/mol. The van der Waals surface area contributed by atoms with Crippen LogP contribution in [0.5, 0.6) is 11.5 Å². The first-order valence-corrected chi connectivity index (χ1v) is 9.86. The molecular formula is C23H27NO3. The topological polar surface area (TPSA) is 62.3 Å². The number of nitrogens with one attached hydrogen (secondary N) is 1. The highest BCUT2D eigenvalue weighted by atomic mass is 16.5. The first kappa shape index (κ1) is 17.9. The molecule has 1 aliphatic heterocycles. The zero-order valence-electron chi connectivity index (χ0n) is 16.3. The molecule has 0 saturated carbocycles. The van der Waals surface area contributed by atoms with E-state index >= 15 is 0 Å². The smallest absolute Gasteiger partial charge is 0.200 e. The average molecular weight is 365 g/mol. The van der Waals surface area contributed by atoms with Crippen molar-refractivity contribution >= 4 is 21.8 Å². The van der Waals surface area contributed by atoms with Crippen LogP contribution >= 0.6 is 0 Å². The van der Waals surface area contributed by atoms with Gasteiger partial charge in [0.05, 0.1) is 10.9 Å². The third-order valence-electron chi connectivity index (χ3n) is 5.78. The minimum atomic E-state index is -0.223. The number of fused-ring (bicyclic) bond motifs is 4. The second-order valence-corrected chi connectivity index (χ2v) is 8.46. The Morgan fingerprint density at radius 1 is 1.30 bits per heavy atom. The molecule has 3 aromatic rings. The summed E-state index contributed by atoms with van der Waals surface area (Å²) in [5.41, 5.74) is 2.13. The van der Waals surface area contributed by atoms with E-state index in [4.69, 9.17) is 4.74 Å². The maximum Gasteiger partial charge on any atom is 0.200 e. The van der Waals surface area contributed by atoms with Gasteiger partial charge >= 0.3 is 0 Å². The first-order chi connectivity index (χ1) is 12.9. The Kier molecular flexibility index (Phi) is 4.37. The van der Waals surface area contributed by atoms with Gasteiger partial charge in [-0.15, -0.1) is 0 Å². The highest BCUT2D eigenvalue weighted by molar-refractivity contribution is 5.98. The van der Waals surface area contributed by atoms with Crippen molar-refractivity contribution in [2.75, 3.05) is 0 Å². The van der Waals surface area contributed by atoms with Crippen molar-refractivity contribution in [2.24, 2.45) is 5.92 Å². The fraction of sp³-hybridized carbons (Fsp3) is 0.435. The number of hydrogen-bond donors (Lipinski definition) is 2. The summed E-state index contributed by atoms with van der Waals surface area (Å²) in [6, 6.07) is 9.05. The molecule has 142 valence electrons. The molecule has 4 nitrogen and oxygen atoms in total. The lowest BCUT2D eigenvalue weighted by atomic mass is 9.86. The maximum absolute atomic E-state index is 12.9. The quantitative estimate of drug-likeness (QED) is 0.617. The Labute approximate surface area is 159 Å². The van der Waals surface area contributed by atoms with E-state index in [9.17, 15) is 9.90 Å².